The highest BCUT2D eigenvalue weighted by molar-refractivity contribution is 9.10. The number of amides is 1. The van der Waals surface area contributed by atoms with Crippen LogP contribution in [0.2, 0.25) is 0 Å². The third-order valence-corrected chi connectivity index (χ3v) is 4.46. The molecule has 0 aliphatic rings. The fraction of sp³-hybridized carbons (Fsp3) is 0.278. The van der Waals surface area contributed by atoms with Crippen molar-refractivity contribution in [2.45, 2.75) is 25.4 Å². The first-order valence-corrected chi connectivity index (χ1v) is 8.25. The molecule has 2 aromatic rings. The van der Waals surface area contributed by atoms with Crippen molar-refractivity contribution >= 4 is 21.8 Å². The van der Waals surface area contributed by atoms with Crippen molar-refractivity contribution in [1.82, 2.24) is 5.32 Å². The van der Waals surface area contributed by atoms with Gasteiger partial charge < -0.3 is 15.8 Å². The van der Waals surface area contributed by atoms with Gasteiger partial charge in [0.1, 0.15) is 17.1 Å². The van der Waals surface area contributed by atoms with E-state index in [1.165, 1.54) is 13.2 Å². The van der Waals surface area contributed by atoms with Gasteiger partial charge in [-0.25, -0.2) is 4.39 Å². The van der Waals surface area contributed by atoms with E-state index in [4.69, 9.17) is 10.5 Å². The maximum Gasteiger partial charge on any atom is 0.244 e. The SMILES string of the molecule is COc1cccc(F)c1C(C)NC(=O)C(C)(N)c1ccc(Br)cc1. The van der Waals surface area contributed by atoms with Gasteiger partial charge in [0.15, 0.2) is 0 Å². The van der Waals surface area contributed by atoms with Gasteiger partial charge in [-0.3, -0.25) is 4.79 Å². The minimum Gasteiger partial charge on any atom is -0.496 e. The van der Waals surface area contributed by atoms with Crippen LogP contribution >= 0.6 is 15.9 Å². The van der Waals surface area contributed by atoms with Gasteiger partial charge in [-0.2, -0.15) is 0 Å². The smallest absolute Gasteiger partial charge is 0.244 e. The van der Waals surface area contributed by atoms with Gasteiger partial charge in [0, 0.05) is 4.47 Å². The standard InChI is InChI=1S/C18H20BrFN2O2/c1-11(16-14(20)5-4-6-15(16)24-3)22-17(23)18(2,21)12-7-9-13(19)10-8-12/h4-11H,21H2,1-3H3,(H,22,23). The number of halogens is 2. The molecule has 2 atom stereocenters. The Balaban J connectivity index is 2.24. The summed E-state index contributed by atoms with van der Waals surface area (Å²) < 4.78 is 20.2. The van der Waals surface area contributed by atoms with Gasteiger partial charge in [0.2, 0.25) is 5.91 Å². The normalized spacial score (nSPS) is 14.6. The molecule has 0 aromatic heterocycles. The van der Waals surface area contributed by atoms with Gasteiger partial charge >= 0.3 is 0 Å². The largest absolute Gasteiger partial charge is 0.496 e. The molecule has 6 heteroatoms. The maximum absolute atomic E-state index is 14.1. The first-order valence-electron chi connectivity index (χ1n) is 7.45. The summed E-state index contributed by atoms with van der Waals surface area (Å²) in [4.78, 5) is 12.6. The molecule has 3 N–H and O–H groups in total. The predicted octanol–water partition coefficient (Wildman–Crippen LogP) is 3.65. The molecule has 2 unspecified atom stereocenters. The van der Waals surface area contributed by atoms with Crippen molar-refractivity contribution in [2.75, 3.05) is 7.11 Å². The predicted molar refractivity (Wildman–Crippen MR) is 95.2 cm³/mol. The Labute approximate surface area is 149 Å². The third-order valence-electron chi connectivity index (χ3n) is 3.93. The summed E-state index contributed by atoms with van der Waals surface area (Å²) in [6, 6.07) is 11.1. The molecule has 0 saturated heterocycles. The quantitative estimate of drug-likeness (QED) is 0.813. The summed E-state index contributed by atoms with van der Waals surface area (Å²) >= 11 is 3.35. The number of nitrogens with one attached hydrogen (secondary N) is 1. The number of methoxy groups -OCH3 is 1. The number of hydrogen-bond donors (Lipinski definition) is 2. The number of hydrogen-bond acceptors (Lipinski definition) is 3. The summed E-state index contributed by atoms with van der Waals surface area (Å²) in [5.74, 6) is -0.461. The molecule has 24 heavy (non-hydrogen) atoms. The Morgan fingerprint density at radius 3 is 2.50 bits per heavy atom. The molecule has 0 bridgehead atoms. The minimum atomic E-state index is -1.24. The van der Waals surface area contributed by atoms with Gasteiger partial charge in [0.05, 0.1) is 18.7 Å². The fourth-order valence-corrected chi connectivity index (χ4v) is 2.73. The van der Waals surface area contributed by atoms with Gasteiger partial charge in [0.25, 0.3) is 0 Å². The minimum absolute atomic E-state index is 0.292. The fourth-order valence-electron chi connectivity index (χ4n) is 2.46. The van der Waals surface area contributed by atoms with Crippen LogP contribution in [-0.2, 0) is 10.3 Å². The van der Waals surface area contributed by atoms with E-state index in [1.54, 1.807) is 38.1 Å². The molecule has 128 valence electrons. The number of benzene rings is 2. The Kier molecular flexibility index (Phi) is 5.62. The van der Waals surface area contributed by atoms with Crippen LogP contribution < -0.4 is 15.8 Å². The Morgan fingerprint density at radius 2 is 1.92 bits per heavy atom. The molecule has 0 aliphatic heterocycles. The lowest BCUT2D eigenvalue weighted by Crippen LogP contribution is -2.49. The number of carbonyl (C=O) groups excluding carboxylic acids is 1. The highest BCUT2D eigenvalue weighted by Gasteiger charge is 2.32. The van der Waals surface area contributed by atoms with Crippen LogP contribution in [-0.4, -0.2) is 13.0 Å². The van der Waals surface area contributed by atoms with E-state index in [0.717, 1.165) is 4.47 Å². The van der Waals surface area contributed by atoms with Crippen LogP contribution in [0.1, 0.15) is 31.0 Å². The number of ether oxygens (including phenoxy) is 1. The monoisotopic (exact) mass is 394 g/mol. The molecule has 2 rings (SSSR count). The van der Waals surface area contributed by atoms with Crippen LogP contribution in [0, 0.1) is 5.82 Å². The zero-order chi connectivity index (χ0) is 17.9. The van der Waals surface area contributed by atoms with Crippen LogP contribution in [0.25, 0.3) is 0 Å². The highest BCUT2D eigenvalue weighted by atomic mass is 79.9. The average molecular weight is 395 g/mol. The molecular formula is C18H20BrFN2O2. The molecular weight excluding hydrogens is 375 g/mol. The van der Waals surface area contributed by atoms with Crippen LogP contribution in [0.4, 0.5) is 4.39 Å². The molecule has 0 fully saturated rings. The van der Waals surface area contributed by atoms with Crippen molar-refractivity contribution in [2.24, 2.45) is 5.73 Å². The summed E-state index contributed by atoms with van der Waals surface area (Å²) in [7, 11) is 1.46. The van der Waals surface area contributed by atoms with Gasteiger partial charge in [-0.15, -0.1) is 0 Å². The van der Waals surface area contributed by atoms with Gasteiger partial charge in [-0.1, -0.05) is 34.1 Å². The lowest BCUT2D eigenvalue weighted by molar-refractivity contribution is -0.126. The second-order valence-corrected chi connectivity index (χ2v) is 6.68. The summed E-state index contributed by atoms with van der Waals surface area (Å²) in [6.07, 6.45) is 0. The van der Waals surface area contributed by atoms with Crippen LogP contribution in [0.3, 0.4) is 0 Å². The van der Waals surface area contributed by atoms with E-state index in [9.17, 15) is 9.18 Å². The first-order chi connectivity index (χ1) is 11.3. The molecule has 0 aliphatic carbocycles. The molecule has 0 saturated carbocycles. The second kappa shape index (κ2) is 7.32. The van der Waals surface area contributed by atoms with E-state index < -0.39 is 23.3 Å². The van der Waals surface area contributed by atoms with E-state index in [0.29, 0.717) is 16.9 Å². The highest BCUT2D eigenvalue weighted by Crippen LogP contribution is 2.29. The molecule has 0 radical (unpaired) electrons. The zero-order valence-corrected chi connectivity index (χ0v) is 15.4. The van der Waals surface area contributed by atoms with Crippen LogP contribution in [0.15, 0.2) is 46.9 Å². The van der Waals surface area contributed by atoms with E-state index >= 15 is 0 Å². The van der Waals surface area contributed by atoms with Crippen LogP contribution in [0.5, 0.6) is 5.75 Å². The molecule has 1 amide bonds. The average Bonchev–Trinajstić information content (AvgIpc) is 2.54. The van der Waals surface area contributed by atoms with E-state index in [2.05, 4.69) is 21.2 Å². The zero-order valence-electron chi connectivity index (χ0n) is 13.8. The maximum atomic E-state index is 14.1. The second-order valence-electron chi connectivity index (χ2n) is 5.76. The number of nitrogens with two attached hydrogens (primary N) is 1. The summed E-state index contributed by atoms with van der Waals surface area (Å²) in [5, 5.41) is 2.77. The number of carbonyl (C=O) groups is 1. The first kappa shape index (κ1) is 18.4. The van der Waals surface area contributed by atoms with Crippen molar-refractivity contribution in [1.29, 1.82) is 0 Å². The van der Waals surface area contributed by atoms with E-state index in [-0.39, 0.29) is 0 Å². The third kappa shape index (κ3) is 3.76. The number of rotatable bonds is 5. The topological polar surface area (TPSA) is 64.3 Å². The Bertz CT molecular complexity index is 732. The Morgan fingerprint density at radius 1 is 1.29 bits per heavy atom. The lowest BCUT2D eigenvalue weighted by Gasteiger charge is -2.27. The van der Waals surface area contributed by atoms with E-state index in [1.807, 2.05) is 12.1 Å². The van der Waals surface area contributed by atoms with Gasteiger partial charge in [-0.05, 0) is 43.7 Å². The molecule has 0 heterocycles. The van der Waals surface area contributed by atoms with Crippen molar-refractivity contribution < 1.29 is 13.9 Å². The molecule has 2 aromatic carbocycles. The van der Waals surface area contributed by atoms with Crippen molar-refractivity contribution in [3.05, 3.63) is 63.9 Å². The molecule has 4 nitrogen and oxygen atoms in total. The Hall–Kier alpha value is -1.92. The summed E-state index contributed by atoms with van der Waals surface area (Å²) in [5.41, 5.74) is 5.93. The summed E-state index contributed by atoms with van der Waals surface area (Å²) in [6.45, 7) is 3.31. The molecule has 0 spiro atoms. The van der Waals surface area contributed by atoms with Crippen molar-refractivity contribution in [3.8, 4) is 5.75 Å². The van der Waals surface area contributed by atoms with Crippen molar-refractivity contribution in [3.63, 3.8) is 0 Å². The lowest BCUT2D eigenvalue weighted by atomic mass is 9.91.